The maximum atomic E-state index is 12.2. The van der Waals surface area contributed by atoms with Gasteiger partial charge in [-0.25, -0.2) is 8.42 Å². The summed E-state index contributed by atoms with van der Waals surface area (Å²) in [5.74, 6) is 0.132. The smallest absolute Gasteiger partial charge is 0.156 e. The lowest BCUT2D eigenvalue weighted by Crippen LogP contribution is -2.34. The van der Waals surface area contributed by atoms with E-state index in [1.54, 1.807) is 0 Å². The second-order valence-electron chi connectivity index (χ2n) is 4.75. The van der Waals surface area contributed by atoms with E-state index in [-0.39, 0.29) is 22.7 Å². The van der Waals surface area contributed by atoms with Crippen molar-refractivity contribution < 1.29 is 13.2 Å². The van der Waals surface area contributed by atoms with Gasteiger partial charge in [-0.1, -0.05) is 12.8 Å². The number of sulfone groups is 1. The van der Waals surface area contributed by atoms with Gasteiger partial charge in [0.05, 0.1) is 10.5 Å². The topological polar surface area (TPSA) is 51.2 Å². The normalized spacial score (nSPS) is 29.6. The first-order valence-electron chi connectivity index (χ1n) is 5.85. The van der Waals surface area contributed by atoms with Gasteiger partial charge < -0.3 is 0 Å². The van der Waals surface area contributed by atoms with Crippen LogP contribution < -0.4 is 0 Å². The maximum absolute atomic E-state index is 12.2. The van der Waals surface area contributed by atoms with Crippen LogP contribution in [0.5, 0.6) is 0 Å². The van der Waals surface area contributed by atoms with E-state index in [1.807, 2.05) is 0 Å². The van der Waals surface area contributed by atoms with E-state index in [2.05, 4.69) is 0 Å². The van der Waals surface area contributed by atoms with Crippen LogP contribution in [0.25, 0.3) is 0 Å². The molecule has 1 unspecified atom stereocenters. The molecular weight excluding hydrogens is 212 g/mol. The van der Waals surface area contributed by atoms with Crippen LogP contribution >= 0.6 is 0 Å². The summed E-state index contributed by atoms with van der Waals surface area (Å²) in [6.07, 6.45) is 6.00. The van der Waals surface area contributed by atoms with Crippen molar-refractivity contribution in [1.29, 1.82) is 0 Å². The first-order valence-corrected chi connectivity index (χ1v) is 7.46. The lowest BCUT2D eigenvalue weighted by atomic mass is 9.99. The molecule has 0 bridgehead atoms. The molecule has 0 heterocycles. The Morgan fingerprint density at radius 2 is 1.53 bits per heavy atom. The first kappa shape index (κ1) is 11.1. The van der Waals surface area contributed by atoms with Crippen LogP contribution in [0.3, 0.4) is 0 Å². The van der Waals surface area contributed by atoms with Gasteiger partial charge in [-0.15, -0.1) is 0 Å². The molecule has 0 aromatic carbocycles. The van der Waals surface area contributed by atoms with E-state index in [0.29, 0.717) is 12.8 Å². The van der Waals surface area contributed by atoms with Crippen molar-refractivity contribution in [2.45, 2.75) is 61.9 Å². The monoisotopic (exact) mass is 230 g/mol. The lowest BCUT2D eigenvalue weighted by Gasteiger charge is -2.24. The zero-order valence-corrected chi connectivity index (χ0v) is 9.76. The molecule has 2 aliphatic rings. The average molecular weight is 230 g/mol. The summed E-state index contributed by atoms with van der Waals surface area (Å²) in [4.78, 5) is 11.3. The van der Waals surface area contributed by atoms with Gasteiger partial charge in [0.25, 0.3) is 0 Å². The Bertz CT molecular complexity index is 339. The van der Waals surface area contributed by atoms with Crippen molar-refractivity contribution >= 4 is 15.6 Å². The second-order valence-corrected chi connectivity index (χ2v) is 7.26. The van der Waals surface area contributed by atoms with Gasteiger partial charge in [-0.05, 0) is 25.7 Å². The third-order valence-corrected chi connectivity index (χ3v) is 6.40. The number of rotatable bonds is 2. The highest BCUT2D eigenvalue weighted by molar-refractivity contribution is 7.92. The molecule has 0 aliphatic heterocycles. The van der Waals surface area contributed by atoms with E-state index in [0.717, 1.165) is 32.1 Å². The molecule has 15 heavy (non-hydrogen) atoms. The van der Waals surface area contributed by atoms with Crippen molar-refractivity contribution in [3.63, 3.8) is 0 Å². The number of Topliss-reactive ketones (excluding diaryl/α,β-unsaturated/α-hetero) is 1. The van der Waals surface area contributed by atoms with Gasteiger partial charge in [0.15, 0.2) is 9.84 Å². The molecule has 4 heteroatoms. The van der Waals surface area contributed by atoms with Gasteiger partial charge in [0.1, 0.15) is 5.78 Å². The van der Waals surface area contributed by atoms with Gasteiger partial charge in [-0.2, -0.15) is 0 Å². The fourth-order valence-corrected chi connectivity index (χ4v) is 5.20. The van der Waals surface area contributed by atoms with E-state index >= 15 is 0 Å². The van der Waals surface area contributed by atoms with E-state index in [4.69, 9.17) is 0 Å². The minimum atomic E-state index is -3.02. The summed E-state index contributed by atoms with van der Waals surface area (Å²) >= 11 is 0. The van der Waals surface area contributed by atoms with Crippen LogP contribution in [-0.4, -0.2) is 24.7 Å². The molecule has 0 saturated heterocycles. The Hall–Kier alpha value is -0.380. The molecule has 0 radical (unpaired) electrons. The number of carbonyl (C=O) groups excluding carboxylic acids is 1. The van der Waals surface area contributed by atoms with Gasteiger partial charge in [0.2, 0.25) is 0 Å². The molecule has 2 rings (SSSR count). The summed E-state index contributed by atoms with van der Waals surface area (Å²) < 4.78 is 24.4. The van der Waals surface area contributed by atoms with Crippen molar-refractivity contribution in [1.82, 2.24) is 0 Å². The molecule has 1 atom stereocenters. The quantitative estimate of drug-likeness (QED) is 0.727. The molecule has 2 aliphatic carbocycles. The zero-order valence-electron chi connectivity index (χ0n) is 8.94. The van der Waals surface area contributed by atoms with Gasteiger partial charge in [-0.3, -0.25) is 4.79 Å². The summed E-state index contributed by atoms with van der Waals surface area (Å²) in [6, 6.07) is 0. The standard InChI is InChI=1S/C11H18O3S/c12-9-4-3-7-11(8-9)15(13,14)10-5-1-2-6-10/h10-11H,1-8H2. The number of ketones is 1. The predicted octanol–water partition coefficient (Wildman–Crippen LogP) is 1.86. The molecule has 0 N–H and O–H groups in total. The van der Waals surface area contributed by atoms with Crippen LogP contribution in [-0.2, 0) is 14.6 Å². The Kier molecular flexibility index (Phi) is 3.14. The highest BCUT2D eigenvalue weighted by Gasteiger charge is 2.37. The Balaban J connectivity index is 2.10. The lowest BCUT2D eigenvalue weighted by molar-refractivity contribution is -0.120. The van der Waals surface area contributed by atoms with Crippen LogP contribution in [0.15, 0.2) is 0 Å². The zero-order chi connectivity index (χ0) is 10.9. The fourth-order valence-electron chi connectivity index (χ4n) is 2.75. The maximum Gasteiger partial charge on any atom is 0.156 e. The minimum Gasteiger partial charge on any atom is -0.300 e. The third-order valence-electron chi connectivity index (χ3n) is 3.67. The van der Waals surface area contributed by atoms with Crippen molar-refractivity contribution in [3.05, 3.63) is 0 Å². The molecule has 0 aromatic rings. The molecule has 2 saturated carbocycles. The molecule has 0 aromatic heterocycles. The van der Waals surface area contributed by atoms with Crippen molar-refractivity contribution in [3.8, 4) is 0 Å². The van der Waals surface area contributed by atoms with Crippen molar-refractivity contribution in [2.24, 2.45) is 0 Å². The summed E-state index contributed by atoms with van der Waals surface area (Å²) in [6.45, 7) is 0. The van der Waals surface area contributed by atoms with Gasteiger partial charge >= 0.3 is 0 Å². The average Bonchev–Trinajstić information content (AvgIpc) is 2.71. The Morgan fingerprint density at radius 3 is 2.13 bits per heavy atom. The summed E-state index contributed by atoms with van der Waals surface area (Å²) in [7, 11) is -3.02. The van der Waals surface area contributed by atoms with Crippen LogP contribution in [0.1, 0.15) is 51.4 Å². The number of hydrogen-bond acceptors (Lipinski definition) is 3. The van der Waals surface area contributed by atoms with Crippen LogP contribution in [0.2, 0.25) is 0 Å². The fraction of sp³-hybridized carbons (Fsp3) is 0.909. The largest absolute Gasteiger partial charge is 0.300 e. The number of carbonyl (C=O) groups is 1. The molecule has 0 amide bonds. The third kappa shape index (κ3) is 2.25. The van der Waals surface area contributed by atoms with E-state index in [9.17, 15) is 13.2 Å². The minimum absolute atomic E-state index is 0.132. The predicted molar refractivity (Wildman–Crippen MR) is 58.4 cm³/mol. The molecule has 2 fully saturated rings. The molecule has 86 valence electrons. The molecule has 3 nitrogen and oxygen atoms in total. The van der Waals surface area contributed by atoms with Gasteiger partial charge in [0, 0.05) is 12.8 Å². The highest BCUT2D eigenvalue weighted by Crippen LogP contribution is 2.32. The summed E-state index contributed by atoms with van der Waals surface area (Å²) in [5.41, 5.74) is 0. The van der Waals surface area contributed by atoms with Crippen LogP contribution in [0, 0.1) is 0 Å². The first-order chi connectivity index (χ1) is 7.10. The SMILES string of the molecule is O=C1CCCC(S(=O)(=O)C2CCCC2)C1. The Morgan fingerprint density at radius 1 is 0.933 bits per heavy atom. The van der Waals surface area contributed by atoms with Crippen LogP contribution in [0.4, 0.5) is 0 Å². The van der Waals surface area contributed by atoms with E-state index < -0.39 is 9.84 Å². The number of hydrogen-bond donors (Lipinski definition) is 0. The van der Waals surface area contributed by atoms with E-state index in [1.165, 1.54) is 0 Å². The molecule has 0 spiro atoms. The van der Waals surface area contributed by atoms with Crippen molar-refractivity contribution in [2.75, 3.05) is 0 Å². The Labute approximate surface area is 91.2 Å². The highest BCUT2D eigenvalue weighted by atomic mass is 32.2. The summed E-state index contributed by atoms with van der Waals surface area (Å²) in [5, 5.41) is -0.504. The second kappa shape index (κ2) is 4.24. The molecular formula is C11H18O3S.